The van der Waals surface area contributed by atoms with E-state index in [0.717, 1.165) is 23.2 Å². The number of ether oxygens (including phenoxy) is 1. The monoisotopic (exact) mass is 489 g/mol. The molecule has 0 N–H and O–H groups in total. The lowest BCUT2D eigenvalue weighted by Gasteiger charge is -2.44. The second kappa shape index (κ2) is 9.84. The van der Waals surface area contributed by atoms with E-state index in [1.807, 2.05) is 30.9 Å². The molecule has 1 fully saturated rings. The van der Waals surface area contributed by atoms with Gasteiger partial charge in [-0.15, -0.1) is 0 Å². The number of benzene rings is 2. The molecule has 0 unspecified atom stereocenters. The van der Waals surface area contributed by atoms with Gasteiger partial charge >= 0.3 is 0 Å². The molecule has 2 aromatic carbocycles. The van der Waals surface area contributed by atoms with Crippen molar-refractivity contribution in [2.75, 3.05) is 19.7 Å². The van der Waals surface area contributed by atoms with E-state index in [2.05, 4.69) is 16.8 Å². The lowest BCUT2D eigenvalue weighted by molar-refractivity contribution is -0.139. The minimum Gasteiger partial charge on any atom is -0.480 e. The van der Waals surface area contributed by atoms with Crippen LogP contribution in [0.2, 0.25) is 10.0 Å². The summed E-state index contributed by atoms with van der Waals surface area (Å²) in [5.74, 6) is 0.0147. The first-order valence-corrected chi connectivity index (χ1v) is 11.6. The lowest BCUT2D eigenvalue weighted by Crippen LogP contribution is -2.58. The molecule has 0 spiro atoms. The summed E-state index contributed by atoms with van der Waals surface area (Å²) >= 11 is 12.7. The van der Waals surface area contributed by atoms with Crippen molar-refractivity contribution in [3.05, 3.63) is 69.6 Å². The van der Waals surface area contributed by atoms with Crippen LogP contribution >= 0.6 is 23.2 Å². The van der Waals surface area contributed by atoms with Gasteiger partial charge in [0.2, 0.25) is 0 Å². The van der Waals surface area contributed by atoms with Crippen LogP contribution in [0.1, 0.15) is 25.1 Å². The first-order chi connectivity index (χ1) is 15.7. The van der Waals surface area contributed by atoms with E-state index >= 15 is 0 Å². The van der Waals surface area contributed by atoms with E-state index < -0.39 is 0 Å². The van der Waals surface area contributed by atoms with Gasteiger partial charge in [0, 0.05) is 42.8 Å². The van der Waals surface area contributed by atoms with Gasteiger partial charge in [-0.25, -0.2) is 9.37 Å². The Labute approximate surface area is 203 Å². The van der Waals surface area contributed by atoms with Gasteiger partial charge in [0.25, 0.3) is 5.91 Å². The fourth-order valence-electron chi connectivity index (χ4n) is 4.23. The number of hydrogen-bond acceptors (Lipinski definition) is 4. The Kier molecular flexibility index (Phi) is 7.07. The molecule has 0 aliphatic carbocycles. The number of amides is 1. The number of carbonyl (C=O) groups is 1. The number of halogens is 3. The van der Waals surface area contributed by atoms with Crippen LogP contribution in [0.3, 0.4) is 0 Å². The van der Waals surface area contributed by atoms with Crippen LogP contribution < -0.4 is 4.74 Å². The molecule has 3 aromatic rings. The molecule has 1 amide bonds. The van der Waals surface area contributed by atoms with Crippen molar-refractivity contribution in [2.45, 2.75) is 39.4 Å². The first-order valence-electron chi connectivity index (χ1n) is 10.9. The van der Waals surface area contributed by atoms with Crippen molar-refractivity contribution < 1.29 is 13.9 Å². The van der Waals surface area contributed by atoms with Crippen LogP contribution in [-0.4, -0.2) is 52.5 Å². The van der Waals surface area contributed by atoms with Gasteiger partial charge in [-0.05, 0) is 56.7 Å². The average molecular weight is 490 g/mol. The third-order valence-corrected chi connectivity index (χ3v) is 6.64. The van der Waals surface area contributed by atoms with E-state index in [-0.39, 0.29) is 30.4 Å². The topological polar surface area (TPSA) is 45.7 Å². The van der Waals surface area contributed by atoms with E-state index in [9.17, 15) is 9.18 Å². The minimum absolute atomic E-state index is 0.00977. The standard InChI is InChI=1S/C25H26Cl2FN3O2/c1-15-4-9-20-21(26)10-22(27)25(24(20)29-15)33-14-23(32)31-12-16(2)30(11-17(31)3)13-18-5-7-19(28)8-6-18/h4-10,16-17H,11-14H2,1-3H3/t16-,17+/m0/s1. The van der Waals surface area contributed by atoms with Crippen molar-refractivity contribution in [2.24, 2.45) is 0 Å². The van der Waals surface area contributed by atoms with Gasteiger partial charge in [-0.3, -0.25) is 9.69 Å². The fourth-order valence-corrected chi connectivity index (χ4v) is 4.81. The summed E-state index contributed by atoms with van der Waals surface area (Å²) in [5, 5.41) is 1.54. The number of aromatic nitrogens is 1. The van der Waals surface area contributed by atoms with Crippen LogP contribution in [0.5, 0.6) is 5.75 Å². The maximum absolute atomic E-state index is 13.2. The zero-order chi connectivity index (χ0) is 23.7. The Bertz CT molecular complexity index is 1170. The SMILES string of the molecule is Cc1ccc2c(Cl)cc(Cl)c(OCC(=O)N3C[C@H](C)N(Cc4ccc(F)cc4)C[C@H]3C)c2n1. The molecule has 2 atom stereocenters. The zero-order valence-corrected chi connectivity index (χ0v) is 20.3. The summed E-state index contributed by atoms with van der Waals surface area (Å²) in [4.78, 5) is 21.7. The van der Waals surface area contributed by atoms with Crippen molar-refractivity contribution in [3.63, 3.8) is 0 Å². The molecule has 33 heavy (non-hydrogen) atoms. The maximum Gasteiger partial charge on any atom is 0.260 e. The van der Waals surface area contributed by atoms with Crippen LogP contribution in [0.25, 0.3) is 10.9 Å². The Morgan fingerprint density at radius 3 is 2.55 bits per heavy atom. The van der Waals surface area contributed by atoms with E-state index in [1.165, 1.54) is 12.1 Å². The van der Waals surface area contributed by atoms with Gasteiger partial charge in [-0.2, -0.15) is 0 Å². The summed E-state index contributed by atoms with van der Waals surface area (Å²) in [6.07, 6.45) is 0. The first kappa shape index (κ1) is 23.7. The number of rotatable bonds is 5. The van der Waals surface area contributed by atoms with Crippen molar-refractivity contribution in [1.82, 2.24) is 14.8 Å². The number of fused-ring (bicyclic) bond motifs is 1. The highest BCUT2D eigenvalue weighted by atomic mass is 35.5. The number of pyridine rings is 1. The minimum atomic E-state index is -0.241. The van der Waals surface area contributed by atoms with Crippen LogP contribution in [-0.2, 0) is 11.3 Å². The molecule has 0 radical (unpaired) electrons. The fraction of sp³-hybridized carbons (Fsp3) is 0.360. The highest BCUT2D eigenvalue weighted by Crippen LogP contribution is 2.37. The van der Waals surface area contributed by atoms with Crippen LogP contribution in [0.4, 0.5) is 4.39 Å². The normalized spacial score (nSPS) is 19.2. The van der Waals surface area contributed by atoms with E-state index in [4.69, 9.17) is 27.9 Å². The summed E-state index contributed by atoms with van der Waals surface area (Å²) < 4.78 is 19.1. The molecule has 1 aliphatic rings. The third-order valence-electron chi connectivity index (χ3n) is 6.05. The highest BCUT2D eigenvalue weighted by molar-refractivity contribution is 6.39. The van der Waals surface area contributed by atoms with Crippen molar-refractivity contribution >= 4 is 40.0 Å². The number of nitrogens with zero attached hydrogens (tertiary/aromatic N) is 3. The predicted molar refractivity (Wildman–Crippen MR) is 129 cm³/mol. The van der Waals surface area contributed by atoms with E-state index in [0.29, 0.717) is 34.4 Å². The Morgan fingerprint density at radius 2 is 1.82 bits per heavy atom. The number of aryl methyl sites for hydroxylation is 1. The van der Waals surface area contributed by atoms with Gasteiger partial charge in [0.05, 0.1) is 10.0 Å². The summed E-state index contributed by atoms with van der Waals surface area (Å²) in [7, 11) is 0. The molecule has 174 valence electrons. The third kappa shape index (κ3) is 5.24. The predicted octanol–water partition coefficient (Wildman–Crippen LogP) is 5.49. The zero-order valence-electron chi connectivity index (χ0n) is 18.8. The van der Waals surface area contributed by atoms with Gasteiger partial charge in [-0.1, -0.05) is 35.3 Å². The maximum atomic E-state index is 13.2. The number of hydrogen-bond donors (Lipinski definition) is 0. The Hall–Kier alpha value is -2.41. The van der Waals surface area contributed by atoms with Crippen LogP contribution in [0.15, 0.2) is 42.5 Å². The molecular formula is C25H26Cl2FN3O2. The van der Waals surface area contributed by atoms with Gasteiger partial charge < -0.3 is 9.64 Å². The molecule has 4 rings (SSSR count). The van der Waals surface area contributed by atoms with Gasteiger partial charge in [0.1, 0.15) is 11.3 Å². The Morgan fingerprint density at radius 1 is 1.09 bits per heavy atom. The second-order valence-corrected chi connectivity index (χ2v) is 9.42. The molecular weight excluding hydrogens is 464 g/mol. The average Bonchev–Trinajstić information content (AvgIpc) is 2.77. The van der Waals surface area contributed by atoms with Crippen molar-refractivity contribution in [3.8, 4) is 5.75 Å². The number of piperazine rings is 1. The number of carbonyl (C=O) groups excluding carboxylic acids is 1. The molecule has 1 aliphatic heterocycles. The quantitative estimate of drug-likeness (QED) is 0.475. The molecule has 5 nitrogen and oxygen atoms in total. The molecule has 2 heterocycles. The van der Waals surface area contributed by atoms with Crippen LogP contribution in [0, 0.1) is 12.7 Å². The highest BCUT2D eigenvalue weighted by Gasteiger charge is 2.32. The lowest BCUT2D eigenvalue weighted by atomic mass is 10.1. The molecule has 1 saturated heterocycles. The molecule has 1 aromatic heterocycles. The Balaban J connectivity index is 1.43. The summed E-state index contributed by atoms with van der Waals surface area (Å²) in [6.45, 7) is 7.86. The summed E-state index contributed by atoms with van der Waals surface area (Å²) in [6, 6.07) is 12.1. The molecule has 0 bridgehead atoms. The second-order valence-electron chi connectivity index (χ2n) is 8.61. The van der Waals surface area contributed by atoms with Gasteiger partial charge in [0.15, 0.2) is 12.4 Å². The smallest absolute Gasteiger partial charge is 0.260 e. The van der Waals surface area contributed by atoms with Crippen molar-refractivity contribution in [1.29, 1.82) is 0 Å². The molecule has 0 saturated carbocycles. The summed E-state index contributed by atoms with van der Waals surface area (Å²) in [5.41, 5.74) is 2.40. The largest absolute Gasteiger partial charge is 0.480 e. The van der Waals surface area contributed by atoms with E-state index in [1.54, 1.807) is 18.2 Å². The molecule has 8 heteroatoms.